The number of hydrogen-bond donors (Lipinski definition) is 2. The zero-order chi connectivity index (χ0) is 30.3. The van der Waals surface area contributed by atoms with Gasteiger partial charge in [-0.05, 0) is 69.7 Å². The van der Waals surface area contributed by atoms with Crippen molar-refractivity contribution >= 4 is 56.3 Å². The van der Waals surface area contributed by atoms with E-state index < -0.39 is 11.9 Å². The van der Waals surface area contributed by atoms with Gasteiger partial charge in [-0.15, -0.1) is 22.1 Å². The first-order valence-electron chi connectivity index (χ1n) is 14.1. The predicted octanol–water partition coefficient (Wildman–Crippen LogP) is 6.82. The molecule has 9 heteroatoms. The van der Waals surface area contributed by atoms with Crippen molar-refractivity contribution < 1.29 is 36.9 Å². The molecule has 0 saturated heterocycles. The molecular formula is C34H34FeN4O4. The molecular weight excluding hydrogens is 584 g/mol. The third-order valence-corrected chi connectivity index (χ3v) is 8.33. The number of aliphatic carboxylic acids is 2. The van der Waals surface area contributed by atoms with Crippen LogP contribution in [-0.2, 0) is 33.1 Å². The standard InChI is InChI=1S/C34H36N4O4.Fe/c1-7-21-22(8-2)30-15-28-20(6)24(10-12-34(41)42)32(37-28)16-31-23(9-11-33(39)40)19(5)27(36-31)13-25-17(3)18(4)26(35-25)14-29(21)38-30;/h8,13-16H,2,7,9-12H2,1,3-6H3,(H4,35,36,37,38,39,40,41,42);/q;+2/p-2. The van der Waals surface area contributed by atoms with Crippen LogP contribution in [0.3, 0.4) is 0 Å². The van der Waals surface area contributed by atoms with E-state index in [4.69, 9.17) is 19.9 Å². The van der Waals surface area contributed by atoms with Gasteiger partial charge in [-0.25, -0.2) is 9.97 Å². The maximum atomic E-state index is 11.5. The molecule has 0 spiro atoms. The zero-order valence-electron chi connectivity index (χ0n) is 25.0. The Labute approximate surface area is 261 Å². The number of rotatable bonds is 8. The molecule has 0 aromatic carbocycles. The van der Waals surface area contributed by atoms with Crippen molar-refractivity contribution in [2.24, 2.45) is 0 Å². The Morgan fingerprint density at radius 3 is 1.91 bits per heavy atom. The van der Waals surface area contributed by atoms with Crippen LogP contribution in [0.4, 0.5) is 0 Å². The summed E-state index contributed by atoms with van der Waals surface area (Å²) >= 11 is 0. The van der Waals surface area contributed by atoms with Crippen molar-refractivity contribution in [3.05, 3.63) is 81.9 Å². The summed E-state index contributed by atoms with van der Waals surface area (Å²) in [4.78, 5) is 42.9. The smallest absolute Gasteiger partial charge is 0.657 e. The Hall–Kier alpha value is -4.20. The molecule has 0 unspecified atom stereocenters. The third kappa shape index (κ3) is 6.01. The van der Waals surface area contributed by atoms with E-state index in [0.717, 1.165) is 78.9 Å². The molecule has 5 heterocycles. The van der Waals surface area contributed by atoms with Crippen LogP contribution in [0.2, 0.25) is 0 Å². The van der Waals surface area contributed by atoms with Crippen LogP contribution < -0.4 is 9.97 Å². The van der Waals surface area contributed by atoms with Gasteiger partial charge in [0.15, 0.2) is 0 Å². The van der Waals surface area contributed by atoms with Crippen LogP contribution in [0.1, 0.15) is 84.6 Å². The molecule has 8 bridgehead atoms. The van der Waals surface area contributed by atoms with Crippen molar-refractivity contribution in [2.75, 3.05) is 0 Å². The molecule has 0 saturated carbocycles. The number of aromatic nitrogens is 4. The van der Waals surface area contributed by atoms with Crippen molar-refractivity contribution in [1.82, 2.24) is 19.9 Å². The molecule has 2 N–H and O–H groups in total. The number of hydrogen-bond acceptors (Lipinski definition) is 4. The number of fused-ring (bicyclic) bond motifs is 8. The minimum atomic E-state index is -0.891. The molecule has 222 valence electrons. The summed E-state index contributed by atoms with van der Waals surface area (Å²) in [5.74, 6) is -1.78. The SMILES string of the molecule is C=CC1=C(CC)c2cc3[n-]c(cc4[n-]c(cc5nc(cc1n2)C(C)=C5CCC(=O)O)c(CCC(=O)O)c4C)c(C)c3C.[Fe+2]. The topological polar surface area (TPSA) is 129 Å². The van der Waals surface area contributed by atoms with Crippen LogP contribution in [0, 0.1) is 20.8 Å². The first-order chi connectivity index (χ1) is 20.0. The largest absolute Gasteiger partial charge is 2.00 e. The Morgan fingerprint density at radius 1 is 0.744 bits per heavy atom. The Bertz CT molecular complexity index is 1890. The minimum Gasteiger partial charge on any atom is -0.657 e. The molecule has 8 nitrogen and oxygen atoms in total. The van der Waals surface area contributed by atoms with Crippen LogP contribution in [-0.4, -0.2) is 32.1 Å². The van der Waals surface area contributed by atoms with Gasteiger partial charge in [0.1, 0.15) is 0 Å². The molecule has 0 atom stereocenters. The summed E-state index contributed by atoms with van der Waals surface area (Å²) in [7, 11) is 0. The van der Waals surface area contributed by atoms with E-state index in [1.165, 1.54) is 0 Å². The van der Waals surface area contributed by atoms with Crippen molar-refractivity contribution in [1.29, 1.82) is 0 Å². The first-order valence-corrected chi connectivity index (χ1v) is 14.1. The Balaban J connectivity index is 0.00000423. The summed E-state index contributed by atoms with van der Waals surface area (Å²) in [6.07, 6.45) is 3.12. The van der Waals surface area contributed by atoms with Gasteiger partial charge in [-0.1, -0.05) is 60.0 Å². The van der Waals surface area contributed by atoms with Crippen LogP contribution in [0.25, 0.3) is 44.4 Å². The van der Waals surface area contributed by atoms with E-state index in [-0.39, 0.29) is 29.9 Å². The zero-order valence-corrected chi connectivity index (χ0v) is 26.1. The van der Waals surface area contributed by atoms with Gasteiger partial charge in [-0.3, -0.25) is 9.59 Å². The first kappa shape index (κ1) is 31.7. The summed E-state index contributed by atoms with van der Waals surface area (Å²) in [6.45, 7) is 14.1. The fraction of sp³-hybridized carbons (Fsp3) is 0.294. The number of carbonyl (C=O) groups is 2. The molecule has 0 fully saturated rings. The fourth-order valence-electron chi connectivity index (χ4n) is 5.73. The molecule has 3 aromatic rings. The van der Waals surface area contributed by atoms with Crippen molar-refractivity contribution in [2.45, 2.75) is 66.7 Å². The van der Waals surface area contributed by atoms with Gasteiger partial charge in [0.2, 0.25) is 0 Å². The Kier molecular flexibility index (Phi) is 9.28. The van der Waals surface area contributed by atoms with E-state index >= 15 is 0 Å². The van der Waals surface area contributed by atoms with Crippen LogP contribution in [0.5, 0.6) is 0 Å². The molecule has 3 aromatic heterocycles. The third-order valence-electron chi connectivity index (χ3n) is 8.33. The average Bonchev–Trinajstić information content (AvgIpc) is 3.60. The van der Waals surface area contributed by atoms with E-state index in [1.54, 1.807) is 0 Å². The van der Waals surface area contributed by atoms with Gasteiger partial charge in [0.25, 0.3) is 0 Å². The van der Waals surface area contributed by atoms with Crippen molar-refractivity contribution in [3.8, 4) is 0 Å². The molecule has 43 heavy (non-hydrogen) atoms. The quantitative estimate of drug-likeness (QED) is 0.264. The molecule has 2 aliphatic rings. The number of nitrogens with zero attached hydrogens (tertiary/aromatic N) is 4. The summed E-state index contributed by atoms with van der Waals surface area (Å²) < 4.78 is 0. The second kappa shape index (κ2) is 12.6. The monoisotopic (exact) mass is 618 g/mol. The number of carboxylic acids is 2. The normalized spacial score (nSPS) is 12.9. The second-order valence-electron chi connectivity index (χ2n) is 10.8. The van der Waals surface area contributed by atoms with Crippen LogP contribution >= 0.6 is 0 Å². The molecule has 0 amide bonds. The van der Waals surface area contributed by atoms with Gasteiger partial charge in [0, 0.05) is 18.4 Å². The van der Waals surface area contributed by atoms with E-state index in [0.29, 0.717) is 29.7 Å². The van der Waals surface area contributed by atoms with Crippen molar-refractivity contribution in [3.63, 3.8) is 0 Å². The van der Waals surface area contributed by atoms with Gasteiger partial charge in [-0.2, -0.15) is 0 Å². The summed E-state index contributed by atoms with van der Waals surface area (Å²) in [5, 5.41) is 18.9. The maximum absolute atomic E-state index is 11.5. The fourth-order valence-corrected chi connectivity index (χ4v) is 5.73. The van der Waals surface area contributed by atoms with Gasteiger partial charge >= 0.3 is 29.0 Å². The average molecular weight is 619 g/mol. The van der Waals surface area contributed by atoms with Gasteiger partial charge < -0.3 is 20.2 Å². The molecule has 2 aliphatic heterocycles. The summed E-state index contributed by atoms with van der Waals surface area (Å²) in [6, 6.07) is 7.77. The Morgan fingerprint density at radius 2 is 1.28 bits per heavy atom. The maximum Gasteiger partial charge on any atom is 2.00 e. The predicted molar refractivity (Wildman–Crippen MR) is 166 cm³/mol. The van der Waals surface area contributed by atoms with Gasteiger partial charge in [0.05, 0.1) is 22.8 Å². The molecule has 0 aliphatic carbocycles. The number of allylic oxidation sites excluding steroid dienone is 5. The van der Waals surface area contributed by atoms with E-state index in [2.05, 4.69) is 20.4 Å². The minimum absolute atomic E-state index is 0. The second-order valence-corrected chi connectivity index (χ2v) is 10.8. The number of aryl methyl sites for hydroxylation is 4. The van der Waals surface area contributed by atoms with E-state index in [9.17, 15) is 19.8 Å². The van der Waals surface area contributed by atoms with E-state index in [1.807, 2.05) is 51.1 Å². The number of carboxylic acid groups (broad SMARTS) is 2. The molecule has 0 radical (unpaired) electrons. The van der Waals surface area contributed by atoms with Crippen LogP contribution in [0.15, 0.2) is 36.9 Å². The molecule has 5 rings (SSSR count). The summed E-state index contributed by atoms with van der Waals surface area (Å²) in [5.41, 5.74) is 13.4.